The van der Waals surface area contributed by atoms with E-state index in [0.29, 0.717) is 0 Å². The molecule has 0 fully saturated rings. The first-order valence-corrected chi connectivity index (χ1v) is 1.38. The number of rotatable bonds is 0. The Labute approximate surface area is 41.2 Å². The molecule has 1 heterocycles. The number of hydrogen-bond acceptors (Lipinski definition) is 0. The first kappa shape index (κ1) is 1.03. The van der Waals surface area contributed by atoms with Gasteiger partial charge in [0.05, 0.1) is 5.48 Å². The normalized spacial score (nSPS) is 18.0. The summed E-state index contributed by atoms with van der Waals surface area (Å²) in [5.41, 5.74) is 0. The van der Waals surface area contributed by atoms with Crippen molar-refractivity contribution in [2.24, 2.45) is 0 Å². The van der Waals surface area contributed by atoms with E-state index < -0.39 is 24.4 Å². The summed E-state index contributed by atoms with van der Waals surface area (Å²) in [4.78, 5) is 0. The molecule has 0 saturated heterocycles. The number of hydrogen-bond donors (Lipinski definition) is 0. The SMILES string of the molecule is [2H]c1c([2H])c([2H])n([O])c1[2H]. The van der Waals surface area contributed by atoms with Crippen molar-refractivity contribution in [2.75, 3.05) is 0 Å². The molecule has 0 aliphatic rings. The maximum absolute atomic E-state index is 10.5. The third kappa shape index (κ3) is 0.360. The van der Waals surface area contributed by atoms with Gasteiger partial charge in [0.15, 0.2) is 0 Å². The van der Waals surface area contributed by atoms with Gasteiger partial charge in [0.1, 0.15) is 0 Å². The van der Waals surface area contributed by atoms with Gasteiger partial charge in [-0.15, -0.1) is 4.73 Å². The van der Waals surface area contributed by atoms with Crippen molar-refractivity contribution >= 4 is 0 Å². The highest BCUT2D eigenvalue weighted by atomic mass is 16.5. The zero-order valence-electron chi connectivity index (χ0n) is 6.86. The Morgan fingerprint density at radius 1 is 1.50 bits per heavy atom. The van der Waals surface area contributed by atoms with Gasteiger partial charge in [-0.05, 0) is 12.1 Å². The lowest BCUT2D eigenvalue weighted by Crippen LogP contribution is -1.74. The van der Waals surface area contributed by atoms with Crippen LogP contribution in [-0.4, -0.2) is 4.73 Å². The largest absolute Gasteiger partial charge is 0.167 e. The molecule has 0 unspecified atom stereocenters. The lowest BCUT2D eigenvalue weighted by Gasteiger charge is -1.70. The topological polar surface area (TPSA) is 24.8 Å². The van der Waals surface area contributed by atoms with Gasteiger partial charge in [-0.3, -0.25) is 0 Å². The van der Waals surface area contributed by atoms with Crippen LogP contribution in [0.3, 0.4) is 0 Å². The van der Waals surface area contributed by atoms with Crippen molar-refractivity contribution < 1.29 is 10.7 Å². The highest BCUT2D eigenvalue weighted by Crippen LogP contribution is 1.80. The average Bonchev–Trinajstić information content (AvgIpc) is 2.07. The Morgan fingerprint density at radius 2 is 2.00 bits per heavy atom. The fourth-order valence-corrected chi connectivity index (χ4v) is 0.185. The third-order valence-corrected chi connectivity index (χ3v) is 0.377. The predicted octanol–water partition coefficient (Wildman–Crippen LogP) is 0.682. The lowest BCUT2D eigenvalue weighted by molar-refractivity contribution is 0.0917. The zero-order chi connectivity index (χ0) is 7.89. The van der Waals surface area contributed by atoms with Crippen LogP contribution in [0.4, 0.5) is 0 Å². The number of aromatic nitrogens is 1. The number of nitrogens with zero attached hydrogens (tertiary/aromatic N) is 1. The van der Waals surface area contributed by atoms with Crippen LogP contribution in [0.25, 0.3) is 0 Å². The van der Waals surface area contributed by atoms with E-state index in [1.54, 1.807) is 0 Å². The molecule has 1 rings (SSSR count). The standard InChI is InChI=1S/C4H4NO/c6-5-3-1-2-4-5/h1-4H/i1D,2D,3D,4D. The van der Waals surface area contributed by atoms with E-state index in [1.165, 1.54) is 0 Å². The summed E-state index contributed by atoms with van der Waals surface area (Å²) >= 11 is 0. The van der Waals surface area contributed by atoms with Crippen LogP contribution in [0, 0.1) is 0 Å². The summed E-state index contributed by atoms with van der Waals surface area (Å²) in [6.45, 7) is 0. The summed E-state index contributed by atoms with van der Waals surface area (Å²) < 4.78 is 27.4. The Kier molecular flexibility index (Phi) is 0.179. The van der Waals surface area contributed by atoms with Gasteiger partial charge in [-0.25, -0.2) is 0 Å². The first-order valence-electron chi connectivity index (χ1n) is 3.38. The fourth-order valence-electron chi connectivity index (χ4n) is 0.185. The van der Waals surface area contributed by atoms with E-state index in [9.17, 15) is 5.21 Å². The molecule has 2 nitrogen and oxygen atoms in total. The molecule has 6 heavy (non-hydrogen) atoms. The smallest absolute Gasteiger partial charge is 0.0857 e. The highest BCUT2D eigenvalue weighted by Gasteiger charge is 1.73. The van der Waals surface area contributed by atoms with Crippen molar-refractivity contribution in [3.8, 4) is 0 Å². The summed E-state index contributed by atoms with van der Waals surface area (Å²) in [6, 6.07) is -0.972. The van der Waals surface area contributed by atoms with Crippen molar-refractivity contribution in [3.05, 3.63) is 24.4 Å². The molecule has 0 aliphatic heterocycles. The van der Waals surface area contributed by atoms with Crippen LogP contribution in [0.2, 0.25) is 0 Å². The van der Waals surface area contributed by atoms with Gasteiger partial charge >= 0.3 is 0 Å². The molecule has 31 valence electrons. The molecular formula is C4H4NO. The third-order valence-electron chi connectivity index (χ3n) is 0.377. The van der Waals surface area contributed by atoms with Gasteiger partial charge in [0, 0.05) is 12.3 Å². The molecule has 0 spiro atoms. The van der Waals surface area contributed by atoms with Crippen LogP contribution in [0.1, 0.15) is 5.48 Å². The highest BCUT2D eigenvalue weighted by molar-refractivity contribution is 4.86. The summed E-state index contributed by atoms with van der Waals surface area (Å²) in [7, 11) is 0. The molecule has 0 atom stereocenters. The predicted molar refractivity (Wildman–Crippen MR) is 20.5 cm³/mol. The summed E-state index contributed by atoms with van der Waals surface area (Å²) in [5, 5.41) is 10.5. The maximum atomic E-state index is 10.5. The monoisotopic (exact) mass is 86.1 g/mol. The molecule has 0 N–H and O–H groups in total. The van der Waals surface area contributed by atoms with Crippen molar-refractivity contribution in [1.29, 1.82) is 0 Å². The molecule has 1 radical (unpaired) electrons. The van der Waals surface area contributed by atoms with E-state index >= 15 is 0 Å². The molecule has 2 heteroatoms. The second-order valence-electron chi connectivity index (χ2n) is 0.768. The van der Waals surface area contributed by atoms with Crippen LogP contribution in [0.15, 0.2) is 24.4 Å². The van der Waals surface area contributed by atoms with Gasteiger partial charge in [-0.2, -0.15) is 5.21 Å². The quantitative estimate of drug-likeness (QED) is 0.443. The van der Waals surface area contributed by atoms with Gasteiger partial charge in [0.25, 0.3) is 0 Å². The maximum Gasteiger partial charge on any atom is 0.0857 e. The second kappa shape index (κ2) is 1.05. The van der Waals surface area contributed by atoms with Crippen LogP contribution in [0.5, 0.6) is 0 Å². The van der Waals surface area contributed by atoms with E-state index in [0.717, 1.165) is 0 Å². The van der Waals surface area contributed by atoms with Crippen LogP contribution < -0.4 is 0 Å². The molecule has 1 aromatic heterocycles. The summed E-state index contributed by atoms with van der Waals surface area (Å²) in [6.07, 6.45) is -1.26. The summed E-state index contributed by atoms with van der Waals surface area (Å²) in [5.74, 6) is 0. The van der Waals surface area contributed by atoms with Crippen LogP contribution in [-0.2, 0) is 5.21 Å². The molecule has 1 aromatic rings. The second-order valence-corrected chi connectivity index (χ2v) is 0.768. The van der Waals surface area contributed by atoms with E-state index in [-0.39, 0.29) is 4.73 Å². The Hall–Kier alpha value is -0.920. The molecule has 0 bridgehead atoms. The van der Waals surface area contributed by atoms with Gasteiger partial charge < -0.3 is 0 Å². The van der Waals surface area contributed by atoms with Crippen molar-refractivity contribution in [3.63, 3.8) is 0 Å². The zero-order valence-corrected chi connectivity index (χ0v) is 2.86. The van der Waals surface area contributed by atoms with Gasteiger partial charge in [-0.1, -0.05) is 0 Å². The Bertz CT molecular complexity index is 188. The Balaban J connectivity index is 3.44. The fraction of sp³-hybridized carbons (Fsp3) is 0. The van der Waals surface area contributed by atoms with E-state index in [4.69, 9.17) is 5.48 Å². The van der Waals surface area contributed by atoms with E-state index in [2.05, 4.69) is 0 Å². The molecule has 0 aliphatic carbocycles. The van der Waals surface area contributed by atoms with E-state index in [1.807, 2.05) is 0 Å². The first-order chi connectivity index (χ1) is 4.55. The average molecular weight is 86.1 g/mol. The minimum atomic E-state index is -0.630. The lowest BCUT2D eigenvalue weighted by atomic mass is 10.7. The molecule has 0 amide bonds. The van der Waals surface area contributed by atoms with Crippen LogP contribution >= 0.6 is 0 Å². The molecule has 0 aromatic carbocycles. The Morgan fingerprint density at radius 3 is 2.17 bits per heavy atom. The molecule has 0 saturated carbocycles. The minimum absolute atomic E-state index is 0.0509. The minimum Gasteiger partial charge on any atom is -0.167 e. The van der Waals surface area contributed by atoms with Gasteiger partial charge in [0.2, 0.25) is 0 Å². The van der Waals surface area contributed by atoms with Crippen molar-refractivity contribution in [1.82, 2.24) is 4.73 Å². The molecular weight excluding hydrogens is 78.0 g/mol. The van der Waals surface area contributed by atoms with Crippen molar-refractivity contribution in [2.45, 2.75) is 0 Å².